The van der Waals surface area contributed by atoms with E-state index < -0.39 is 5.97 Å². The molecule has 0 N–H and O–H groups in total. The van der Waals surface area contributed by atoms with Crippen molar-refractivity contribution in [3.8, 4) is 5.75 Å². The molecule has 1 amide bonds. The summed E-state index contributed by atoms with van der Waals surface area (Å²) in [4.78, 5) is 37.9. The number of esters is 1. The van der Waals surface area contributed by atoms with Crippen LogP contribution < -0.4 is 4.74 Å². The quantitative estimate of drug-likeness (QED) is 0.556. The number of ketones is 1. The van der Waals surface area contributed by atoms with Crippen LogP contribution in [-0.4, -0.2) is 42.8 Å². The summed E-state index contributed by atoms with van der Waals surface area (Å²) in [6, 6.07) is 13.7. The molecule has 0 aliphatic carbocycles. The molecular formula is C21H21NO5. The van der Waals surface area contributed by atoms with E-state index in [9.17, 15) is 14.4 Å². The fraction of sp³-hybridized carbons (Fsp3) is 0.286. The number of hydrogen-bond acceptors (Lipinski definition) is 5. The van der Waals surface area contributed by atoms with Crippen molar-refractivity contribution in [2.75, 3.05) is 20.3 Å². The molecule has 0 unspecified atom stereocenters. The highest BCUT2D eigenvalue weighted by molar-refractivity contribution is 6.01. The van der Waals surface area contributed by atoms with E-state index in [4.69, 9.17) is 9.47 Å². The van der Waals surface area contributed by atoms with E-state index in [0.717, 1.165) is 18.5 Å². The molecule has 140 valence electrons. The second kappa shape index (κ2) is 8.49. The topological polar surface area (TPSA) is 72.9 Å². The zero-order valence-electron chi connectivity index (χ0n) is 15.1. The lowest BCUT2D eigenvalue weighted by Gasteiger charge is -2.15. The zero-order chi connectivity index (χ0) is 19.2. The van der Waals surface area contributed by atoms with E-state index in [1.54, 1.807) is 53.4 Å². The maximum Gasteiger partial charge on any atom is 0.338 e. The number of ether oxygens (including phenoxy) is 2. The van der Waals surface area contributed by atoms with Gasteiger partial charge in [-0.2, -0.15) is 0 Å². The summed E-state index contributed by atoms with van der Waals surface area (Å²) in [6.07, 6.45) is 1.49. The van der Waals surface area contributed by atoms with Crippen molar-refractivity contribution in [2.24, 2.45) is 0 Å². The Morgan fingerprint density at radius 1 is 1.07 bits per heavy atom. The Balaban J connectivity index is 1.56. The first-order valence-electron chi connectivity index (χ1n) is 8.78. The molecule has 1 fully saturated rings. The van der Waals surface area contributed by atoms with Gasteiger partial charge in [0.15, 0.2) is 6.61 Å². The second-order valence-corrected chi connectivity index (χ2v) is 6.32. The van der Waals surface area contributed by atoms with E-state index in [1.165, 1.54) is 7.11 Å². The van der Waals surface area contributed by atoms with Crippen molar-refractivity contribution in [1.82, 2.24) is 4.90 Å². The molecule has 0 atom stereocenters. The number of rotatable bonds is 7. The molecule has 1 saturated heterocycles. The average molecular weight is 367 g/mol. The molecule has 1 aliphatic heterocycles. The number of nitrogens with zero attached hydrogens (tertiary/aromatic N) is 1. The van der Waals surface area contributed by atoms with E-state index in [1.807, 2.05) is 0 Å². The van der Waals surface area contributed by atoms with Crippen LogP contribution >= 0.6 is 0 Å². The zero-order valence-corrected chi connectivity index (χ0v) is 15.1. The monoisotopic (exact) mass is 367 g/mol. The van der Waals surface area contributed by atoms with Crippen LogP contribution in [0.1, 0.15) is 39.1 Å². The summed E-state index contributed by atoms with van der Waals surface area (Å²) in [7, 11) is 1.48. The van der Waals surface area contributed by atoms with Gasteiger partial charge >= 0.3 is 5.97 Å². The highest BCUT2D eigenvalue weighted by Crippen LogP contribution is 2.18. The molecule has 0 radical (unpaired) electrons. The van der Waals surface area contributed by atoms with E-state index >= 15 is 0 Å². The number of carbonyl (C=O) groups is 3. The first-order chi connectivity index (χ1) is 13.1. The Kier molecular flexibility index (Phi) is 5.86. The molecule has 2 aromatic rings. The highest BCUT2D eigenvalue weighted by atomic mass is 16.5. The third kappa shape index (κ3) is 4.53. The molecule has 0 spiro atoms. The SMILES string of the molecule is COc1ccccc1C(=O)COC(=O)c1ccc(CN2CCCC2=O)cc1. The first kappa shape index (κ1) is 18.6. The van der Waals surface area contributed by atoms with Gasteiger partial charge in [-0.1, -0.05) is 24.3 Å². The van der Waals surface area contributed by atoms with E-state index in [2.05, 4.69) is 0 Å². The molecule has 1 heterocycles. The minimum Gasteiger partial charge on any atom is -0.496 e. The Hall–Kier alpha value is -3.15. The molecule has 6 heteroatoms. The van der Waals surface area contributed by atoms with Crippen LogP contribution in [0.3, 0.4) is 0 Å². The molecule has 0 bridgehead atoms. The van der Waals surface area contributed by atoms with Crippen LogP contribution in [0.2, 0.25) is 0 Å². The fourth-order valence-corrected chi connectivity index (χ4v) is 3.00. The molecule has 6 nitrogen and oxygen atoms in total. The number of likely N-dealkylation sites (tertiary alicyclic amines) is 1. The molecule has 0 aromatic heterocycles. The normalized spacial score (nSPS) is 13.5. The largest absolute Gasteiger partial charge is 0.496 e. The third-order valence-corrected chi connectivity index (χ3v) is 4.48. The van der Waals surface area contributed by atoms with Crippen LogP contribution in [-0.2, 0) is 16.1 Å². The van der Waals surface area contributed by atoms with Gasteiger partial charge in [-0.25, -0.2) is 4.79 Å². The van der Waals surface area contributed by atoms with Crippen molar-refractivity contribution < 1.29 is 23.9 Å². The summed E-state index contributed by atoms with van der Waals surface area (Å²) < 4.78 is 10.3. The van der Waals surface area contributed by atoms with Gasteiger partial charge in [-0.05, 0) is 36.2 Å². The lowest BCUT2D eigenvalue weighted by atomic mass is 10.1. The molecule has 1 aliphatic rings. The maximum absolute atomic E-state index is 12.2. The van der Waals surface area contributed by atoms with Crippen LogP contribution in [0.25, 0.3) is 0 Å². The van der Waals surface area contributed by atoms with Crippen molar-refractivity contribution in [3.05, 3.63) is 65.2 Å². The summed E-state index contributed by atoms with van der Waals surface area (Å²) in [6.45, 7) is 0.956. The Bertz CT molecular complexity index is 844. The van der Waals surface area contributed by atoms with Crippen molar-refractivity contribution in [2.45, 2.75) is 19.4 Å². The van der Waals surface area contributed by atoms with Crippen LogP contribution in [0.15, 0.2) is 48.5 Å². The van der Waals surface area contributed by atoms with Gasteiger partial charge in [0.05, 0.1) is 18.2 Å². The number of benzene rings is 2. The van der Waals surface area contributed by atoms with Crippen LogP contribution in [0.4, 0.5) is 0 Å². The number of hydrogen-bond donors (Lipinski definition) is 0. The van der Waals surface area contributed by atoms with Gasteiger partial charge in [0, 0.05) is 19.5 Å². The Labute approximate surface area is 157 Å². The number of amides is 1. The standard InChI is InChI=1S/C21H21NO5/c1-26-19-6-3-2-5-17(19)18(23)14-27-21(25)16-10-8-15(9-11-16)13-22-12-4-7-20(22)24/h2-3,5-6,8-11H,4,7,12-14H2,1H3. The van der Waals surface area contributed by atoms with Crippen LogP contribution in [0.5, 0.6) is 5.75 Å². The predicted molar refractivity (Wildman–Crippen MR) is 98.7 cm³/mol. The van der Waals surface area contributed by atoms with Crippen molar-refractivity contribution >= 4 is 17.7 Å². The molecule has 3 rings (SSSR count). The lowest BCUT2D eigenvalue weighted by Crippen LogP contribution is -2.23. The third-order valence-electron chi connectivity index (χ3n) is 4.48. The average Bonchev–Trinajstić information content (AvgIpc) is 3.10. The minimum absolute atomic E-state index is 0.160. The molecule has 0 saturated carbocycles. The smallest absolute Gasteiger partial charge is 0.338 e. The summed E-state index contributed by atoms with van der Waals surface area (Å²) >= 11 is 0. The minimum atomic E-state index is -0.568. The highest BCUT2D eigenvalue weighted by Gasteiger charge is 2.20. The van der Waals surface area contributed by atoms with Gasteiger partial charge in [-0.15, -0.1) is 0 Å². The van der Waals surface area contributed by atoms with Gasteiger partial charge < -0.3 is 14.4 Å². The summed E-state index contributed by atoms with van der Waals surface area (Å²) in [5.74, 6) is -0.292. The summed E-state index contributed by atoms with van der Waals surface area (Å²) in [5.41, 5.74) is 1.68. The van der Waals surface area contributed by atoms with Gasteiger partial charge in [0.1, 0.15) is 5.75 Å². The first-order valence-corrected chi connectivity index (χ1v) is 8.78. The second-order valence-electron chi connectivity index (χ2n) is 6.32. The predicted octanol–water partition coefficient (Wildman–Crippen LogP) is 2.86. The maximum atomic E-state index is 12.2. The van der Waals surface area contributed by atoms with Gasteiger partial charge in [0.25, 0.3) is 0 Å². The summed E-state index contributed by atoms with van der Waals surface area (Å²) in [5, 5.41) is 0. The molecular weight excluding hydrogens is 346 g/mol. The number of Topliss-reactive ketones (excluding diaryl/α,β-unsaturated/α-hetero) is 1. The Morgan fingerprint density at radius 3 is 2.48 bits per heavy atom. The van der Waals surface area contributed by atoms with Crippen molar-refractivity contribution in [3.63, 3.8) is 0 Å². The lowest BCUT2D eigenvalue weighted by molar-refractivity contribution is -0.128. The number of carbonyl (C=O) groups excluding carboxylic acids is 3. The van der Waals surface area contributed by atoms with Crippen LogP contribution in [0, 0.1) is 0 Å². The number of methoxy groups -OCH3 is 1. The van der Waals surface area contributed by atoms with Gasteiger partial charge in [0.2, 0.25) is 11.7 Å². The van der Waals surface area contributed by atoms with E-state index in [-0.39, 0.29) is 18.3 Å². The fourth-order valence-electron chi connectivity index (χ4n) is 3.00. The van der Waals surface area contributed by atoms with E-state index in [0.29, 0.717) is 29.8 Å². The van der Waals surface area contributed by atoms with Crippen molar-refractivity contribution in [1.29, 1.82) is 0 Å². The van der Waals surface area contributed by atoms with Gasteiger partial charge in [-0.3, -0.25) is 9.59 Å². The Morgan fingerprint density at radius 2 is 1.81 bits per heavy atom. The number of para-hydroxylation sites is 1. The molecule has 2 aromatic carbocycles. The molecule has 27 heavy (non-hydrogen) atoms.